The molecule has 1 aromatic rings. The summed E-state index contributed by atoms with van der Waals surface area (Å²) >= 11 is 5.55. The lowest BCUT2D eigenvalue weighted by atomic mass is 10.1. The second kappa shape index (κ2) is 6.09. The van der Waals surface area contributed by atoms with Crippen LogP contribution in [0.25, 0.3) is 0 Å². The maximum Gasteiger partial charge on any atom is 0.416 e. The van der Waals surface area contributed by atoms with E-state index in [2.05, 4.69) is 5.32 Å². The minimum absolute atomic E-state index is 0.255. The number of benzene rings is 1. The number of imide groups is 1. The molecule has 0 bridgehead atoms. The Kier molecular flexibility index (Phi) is 4.53. The molecule has 2 rings (SSSR count). The third-order valence-electron chi connectivity index (χ3n) is 2.99. The van der Waals surface area contributed by atoms with Crippen molar-refractivity contribution in [1.29, 1.82) is 0 Å². The molecule has 0 aliphatic carbocycles. The Morgan fingerprint density at radius 1 is 1.26 bits per heavy atom. The molecule has 1 heterocycles. The molecule has 0 radical (unpaired) electrons. The first kappa shape index (κ1) is 17.1. The number of nitrogens with zero attached hydrogens (tertiary/aromatic N) is 1. The zero-order valence-electron chi connectivity index (χ0n) is 11.3. The fourth-order valence-corrected chi connectivity index (χ4v) is 2.13. The number of hydrogen-bond acceptors (Lipinski definition) is 5. The van der Waals surface area contributed by atoms with E-state index in [-0.39, 0.29) is 12.2 Å². The summed E-state index contributed by atoms with van der Waals surface area (Å²) in [5, 5.41) is 20.2. The normalized spacial score (nSPS) is 15.2. The molecule has 2 amide bonds. The highest BCUT2D eigenvalue weighted by Crippen LogP contribution is 2.40. The number of carbonyl (C=O) groups is 2. The van der Waals surface area contributed by atoms with Crippen molar-refractivity contribution >= 4 is 29.1 Å². The van der Waals surface area contributed by atoms with E-state index in [1.807, 2.05) is 0 Å². The molecular weight excluding hydrogens is 341 g/mol. The first-order valence-electron chi connectivity index (χ1n) is 6.20. The predicted octanol–water partition coefficient (Wildman–Crippen LogP) is 1.72. The molecule has 10 heteroatoms. The average Bonchev–Trinajstić information content (AvgIpc) is 2.70. The van der Waals surface area contributed by atoms with E-state index in [9.17, 15) is 27.9 Å². The number of alkyl halides is 3. The van der Waals surface area contributed by atoms with Crippen LogP contribution in [0.1, 0.15) is 5.56 Å². The monoisotopic (exact) mass is 350 g/mol. The maximum absolute atomic E-state index is 12.8. The Balaban J connectivity index is 2.34. The van der Waals surface area contributed by atoms with E-state index in [0.29, 0.717) is 17.0 Å². The van der Waals surface area contributed by atoms with Crippen molar-refractivity contribution in [2.24, 2.45) is 0 Å². The number of aromatic hydroxyl groups is 1. The molecule has 0 spiro atoms. The quantitative estimate of drug-likeness (QED) is 0.568. The van der Waals surface area contributed by atoms with Crippen molar-refractivity contribution in [2.75, 3.05) is 18.5 Å². The average molecular weight is 351 g/mol. The third kappa shape index (κ3) is 3.40. The van der Waals surface area contributed by atoms with Crippen LogP contribution >= 0.6 is 11.6 Å². The van der Waals surface area contributed by atoms with E-state index in [1.54, 1.807) is 0 Å². The predicted molar refractivity (Wildman–Crippen MR) is 73.6 cm³/mol. The van der Waals surface area contributed by atoms with E-state index in [0.717, 1.165) is 6.08 Å². The number of hydrogen-bond donors (Lipinski definition) is 3. The summed E-state index contributed by atoms with van der Waals surface area (Å²) in [7, 11) is 0. The number of phenolic OH excluding ortho intramolecular Hbond substituents is 1. The van der Waals surface area contributed by atoms with Crippen LogP contribution in [0, 0.1) is 0 Å². The number of nitrogens with one attached hydrogen (secondary N) is 1. The minimum Gasteiger partial charge on any atom is -0.504 e. The van der Waals surface area contributed by atoms with Crippen molar-refractivity contribution < 1.29 is 33.0 Å². The van der Waals surface area contributed by atoms with Gasteiger partial charge in [-0.2, -0.15) is 13.2 Å². The minimum atomic E-state index is -4.71. The number of rotatable bonds is 4. The Hall–Kier alpha value is -2.26. The number of amides is 2. The van der Waals surface area contributed by atoms with E-state index in [1.165, 1.54) is 0 Å². The van der Waals surface area contributed by atoms with Crippen molar-refractivity contribution in [3.8, 4) is 5.75 Å². The van der Waals surface area contributed by atoms with Gasteiger partial charge in [-0.15, -0.1) is 0 Å². The molecule has 6 nitrogen and oxygen atoms in total. The molecule has 23 heavy (non-hydrogen) atoms. The number of halogens is 4. The van der Waals surface area contributed by atoms with Crippen LogP contribution in [0.3, 0.4) is 0 Å². The first-order chi connectivity index (χ1) is 10.6. The molecule has 0 saturated heterocycles. The van der Waals surface area contributed by atoms with Gasteiger partial charge in [-0.3, -0.25) is 14.5 Å². The zero-order chi connectivity index (χ0) is 17.4. The summed E-state index contributed by atoms with van der Waals surface area (Å²) < 4.78 is 38.3. The number of phenols is 1. The molecular formula is C13H10ClF3N2O4. The second-order valence-electron chi connectivity index (χ2n) is 4.55. The Labute approximate surface area is 132 Å². The first-order valence-corrected chi connectivity index (χ1v) is 6.58. The zero-order valence-corrected chi connectivity index (χ0v) is 12.1. The standard InChI is InChI=1S/C13H10ClF3N2O4/c14-7-3-6(13(15,16)17)4-8(11(7)22)18-9-5-10(21)19(1-2-20)12(9)23/h3-5,18,20,22H,1-2H2. The van der Waals surface area contributed by atoms with Gasteiger partial charge in [0.15, 0.2) is 5.75 Å². The van der Waals surface area contributed by atoms with Gasteiger partial charge in [-0.25, -0.2) is 0 Å². The number of β-amino-alcohol motifs (C(OH)–C–C–N with tert-alkyl or cyclic N) is 1. The summed E-state index contributed by atoms with van der Waals surface area (Å²) in [5.74, 6) is -2.26. The van der Waals surface area contributed by atoms with Gasteiger partial charge in [0.25, 0.3) is 11.8 Å². The van der Waals surface area contributed by atoms with Gasteiger partial charge in [-0.1, -0.05) is 11.6 Å². The molecule has 1 aliphatic rings. The summed E-state index contributed by atoms with van der Waals surface area (Å²) in [4.78, 5) is 24.2. The molecule has 0 unspecified atom stereocenters. The van der Waals surface area contributed by atoms with Crippen molar-refractivity contribution in [3.63, 3.8) is 0 Å². The van der Waals surface area contributed by atoms with Gasteiger partial charge >= 0.3 is 6.18 Å². The lowest BCUT2D eigenvalue weighted by Crippen LogP contribution is -2.34. The molecule has 0 aromatic heterocycles. The number of anilines is 1. The van der Waals surface area contributed by atoms with Gasteiger partial charge in [-0.05, 0) is 12.1 Å². The third-order valence-corrected chi connectivity index (χ3v) is 3.28. The lowest BCUT2D eigenvalue weighted by molar-refractivity contribution is -0.138. The van der Waals surface area contributed by atoms with Crippen LogP contribution < -0.4 is 5.32 Å². The highest BCUT2D eigenvalue weighted by atomic mass is 35.5. The van der Waals surface area contributed by atoms with Crippen molar-refractivity contribution in [1.82, 2.24) is 4.90 Å². The van der Waals surface area contributed by atoms with Gasteiger partial charge in [0.2, 0.25) is 0 Å². The summed E-state index contributed by atoms with van der Waals surface area (Å²) in [6, 6.07) is 1.10. The van der Waals surface area contributed by atoms with Crippen molar-refractivity contribution in [3.05, 3.63) is 34.5 Å². The SMILES string of the molecule is O=C1C=C(Nc2cc(C(F)(F)F)cc(Cl)c2O)C(=O)N1CCO. The van der Waals surface area contributed by atoms with Crippen LogP contribution in [0.5, 0.6) is 5.75 Å². The van der Waals surface area contributed by atoms with Crippen LogP contribution in [-0.4, -0.2) is 40.1 Å². The van der Waals surface area contributed by atoms with Crippen molar-refractivity contribution in [2.45, 2.75) is 6.18 Å². The highest BCUT2D eigenvalue weighted by Gasteiger charge is 2.34. The molecule has 0 fully saturated rings. The highest BCUT2D eigenvalue weighted by molar-refractivity contribution is 6.32. The fourth-order valence-electron chi connectivity index (χ4n) is 1.91. The van der Waals surface area contributed by atoms with Crippen LogP contribution in [-0.2, 0) is 15.8 Å². The molecule has 0 saturated carbocycles. The van der Waals surface area contributed by atoms with Gasteiger partial charge < -0.3 is 15.5 Å². The number of carbonyl (C=O) groups excluding carboxylic acids is 2. The van der Waals surface area contributed by atoms with Crippen LogP contribution in [0.4, 0.5) is 18.9 Å². The summed E-state index contributed by atoms with van der Waals surface area (Å²) in [5.41, 5.74) is -1.94. The Morgan fingerprint density at radius 3 is 2.48 bits per heavy atom. The Bertz CT molecular complexity index is 703. The van der Waals surface area contributed by atoms with Crippen LogP contribution in [0.15, 0.2) is 23.9 Å². The lowest BCUT2D eigenvalue weighted by Gasteiger charge is -2.15. The fraction of sp³-hybridized carbons (Fsp3) is 0.231. The summed E-state index contributed by atoms with van der Waals surface area (Å²) in [6.45, 7) is -0.714. The van der Waals surface area contributed by atoms with Crippen LogP contribution in [0.2, 0.25) is 5.02 Å². The van der Waals surface area contributed by atoms with E-state index < -0.39 is 46.6 Å². The van der Waals surface area contributed by atoms with E-state index in [4.69, 9.17) is 16.7 Å². The molecule has 3 N–H and O–H groups in total. The largest absolute Gasteiger partial charge is 0.504 e. The summed E-state index contributed by atoms with van der Waals surface area (Å²) in [6.07, 6.45) is -3.85. The number of aliphatic hydroxyl groups excluding tert-OH is 1. The maximum atomic E-state index is 12.8. The second-order valence-corrected chi connectivity index (χ2v) is 4.96. The van der Waals surface area contributed by atoms with Gasteiger partial charge in [0.1, 0.15) is 5.70 Å². The molecule has 0 atom stereocenters. The van der Waals surface area contributed by atoms with E-state index >= 15 is 0 Å². The Morgan fingerprint density at radius 2 is 1.91 bits per heavy atom. The smallest absolute Gasteiger partial charge is 0.416 e. The molecule has 1 aliphatic heterocycles. The molecule has 1 aromatic carbocycles. The van der Waals surface area contributed by atoms with Gasteiger partial charge in [0.05, 0.1) is 29.4 Å². The topological polar surface area (TPSA) is 89.9 Å². The molecule has 124 valence electrons. The number of aliphatic hydroxyl groups is 1. The van der Waals surface area contributed by atoms with Gasteiger partial charge in [0, 0.05) is 6.08 Å².